The van der Waals surface area contributed by atoms with Crippen molar-refractivity contribution < 1.29 is 19.1 Å². The first-order valence-electron chi connectivity index (χ1n) is 6.12. The van der Waals surface area contributed by atoms with E-state index in [1.54, 1.807) is 18.2 Å². The molecule has 0 radical (unpaired) electrons. The molecule has 6 heteroatoms. The number of nitrogens with one attached hydrogen (secondary N) is 2. The minimum absolute atomic E-state index is 0.0737. The third-order valence-corrected chi connectivity index (χ3v) is 2.83. The fraction of sp³-hybridized carbons (Fsp3) is 0.0667. The van der Waals surface area contributed by atoms with Crippen molar-refractivity contribution in [3.05, 3.63) is 53.3 Å². The molecule has 5 nitrogen and oxygen atoms in total. The lowest BCUT2D eigenvalue weighted by Crippen LogP contribution is -2.12. The van der Waals surface area contributed by atoms with Crippen LogP contribution in [0.1, 0.15) is 15.9 Å². The number of carbonyl (C=O) groups excluding carboxylic acids is 2. The molecule has 2 rings (SSSR count). The van der Waals surface area contributed by atoms with Gasteiger partial charge >= 0.3 is 0 Å². The van der Waals surface area contributed by atoms with Crippen LogP contribution in [0.25, 0.3) is 0 Å². The van der Waals surface area contributed by atoms with E-state index in [9.17, 15) is 19.1 Å². The van der Waals surface area contributed by atoms with Crippen molar-refractivity contribution in [2.75, 3.05) is 10.6 Å². The number of amides is 2. The van der Waals surface area contributed by atoms with E-state index in [0.717, 1.165) is 17.7 Å². The van der Waals surface area contributed by atoms with Gasteiger partial charge < -0.3 is 15.7 Å². The van der Waals surface area contributed by atoms with E-state index in [2.05, 4.69) is 10.6 Å². The predicted octanol–water partition coefficient (Wildman–Crippen LogP) is 2.66. The van der Waals surface area contributed by atoms with Crippen molar-refractivity contribution in [3.63, 3.8) is 0 Å². The van der Waals surface area contributed by atoms with E-state index in [4.69, 9.17) is 0 Å². The van der Waals surface area contributed by atoms with Crippen LogP contribution in [-0.4, -0.2) is 17.4 Å². The summed E-state index contributed by atoms with van der Waals surface area (Å²) in [6, 6.07) is 8.81. The minimum atomic E-state index is -0.764. The second-order valence-electron chi connectivity index (χ2n) is 4.43. The summed E-state index contributed by atoms with van der Waals surface area (Å²) >= 11 is 0. The zero-order valence-electron chi connectivity index (χ0n) is 11.2. The zero-order valence-corrected chi connectivity index (χ0v) is 11.2. The molecule has 0 saturated heterocycles. The SMILES string of the molecule is Cc1cccc(C(=O)Nc2cc(F)c(NC=O)cc2O)c1. The Kier molecular flexibility index (Phi) is 4.18. The van der Waals surface area contributed by atoms with Crippen molar-refractivity contribution >= 4 is 23.7 Å². The predicted molar refractivity (Wildman–Crippen MR) is 76.9 cm³/mol. The molecule has 0 aliphatic rings. The molecule has 0 aliphatic carbocycles. The Morgan fingerprint density at radius 2 is 2.00 bits per heavy atom. The van der Waals surface area contributed by atoms with Gasteiger partial charge in [0, 0.05) is 17.7 Å². The van der Waals surface area contributed by atoms with Crippen LogP contribution in [0.15, 0.2) is 36.4 Å². The molecule has 0 saturated carbocycles. The lowest BCUT2D eigenvalue weighted by atomic mass is 10.1. The van der Waals surface area contributed by atoms with Crippen molar-refractivity contribution in [2.45, 2.75) is 6.92 Å². The highest BCUT2D eigenvalue weighted by molar-refractivity contribution is 6.05. The van der Waals surface area contributed by atoms with Gasteiger partial charge in [-0.05, 0) is 19.1 Å². The smallest absolute Gasteiger partial charge is 0.255 e. The number of hydrogen-bond donors (Lipinski definition) is 3. The summed E-state index contributed by atoms with van der Waals surface area (Å²) in [6.45, 7) is 1.84. The molecule has 0 bridgehead atoms. The average Bonchev–Trinajstić information content (AvgIpc) is 2.44. The summed E-state index contributed by atoms with van der Waals surface area (Å²) in [5.41, 5.74) is 1.06. The zero-order chi connectivity index (χ0) is 15.4. The van der Waals surface area contributed by atoms with Crippen LogP contribution in [0.2, 0.25) is 0 Å². The van der Waals surface area contributed by atoms with Crippen LogP contribution in [-0.2, 0) is 4.79 Å². The van der Waals surface area contributed by atoms with Crippen LogP contribution < -0.4 is 10.6 Å². The van der Waals surface area contributed by atoms with Crippen molar-refractivity contribution in [1.82, 2.24) is 0 Å². The molecule has 0 spiro atoms. The van der Waals surface area contributed by atoms with E-state index >= 15 is 0 Å². The monoisotopic (exact) mass is 288 g/mol. The number of phenols is 1. The first kappa shape index (κ1) is 14.5. The number of benzene rings is 2. The summed E-state index contributed by atoms with van der Waals surface area (Å²) < 4.78 is 13.7. The molecule has 0 aliphatic heterocycles. The summed E-state index contributed by atoms with van der Waals surface area (Å²) in [5.74, 6) is -1.58. The van der Waals surface area contributed by atoms with E-state index in [1.165, 1.54) is 0 Å². The second-order valence-corrected chi connectivity index (χ2v) is 4.43. The Morgan fingerprint density at radius 3 is 2.67 bits per heavy atom. The third kappa shape index (κ3) is 3.36. The van der Waals surface area contributed by atoms with Gasteiger partial charge in [-0.25, -0.2) is 4.39 Å². The van der Waals surface area contributed by atoms with Gasteiger partial charge in [-0.2, -0.15) is 0 Å². The molecule has 21 heavy (non-hydrogen) atoms. The Balaban J connectivity index is 2.25. The van der Waals surface area contributed by atoms with E-state index in [-0.39, 0.29) is 17.1 Å². The van der Waals surface area contributed by atoms with Gasteiger partial charge in [0.05, 0.1) is 11.4 Å². The second kappa shape index (κ2) is 6.04. The standard InChI is InChI=1S/C15H13FN2O3/c1-9-3-2-4-10(5-9)15(21)18-13-6-11(16)12(17-8-19)7-14(13)20/h2-8,20H,1H3,(H,17,19)(H,18,21). The molecule has 0 aromatic heterocycles. The Hall–Kier alpha value is -2.89. The van der Waals surface area contributed by atoms with Crippen molar-refractivity contribution in [1.29, 1.82) is 0 Å². The maximum atomic E-state index is 13.7. The average molecular weight is 288 g/mol. The number of anilines is 2. The molecule has 108 valence electrons. The van der Waals surface area contributed by atoms with E-state index in [1.807, 2.05) is 13.0 Å². The number of hydrogen-bond acceptors (Lipinski definition) is 3. The van der Waals surface area contributed by atoms with Gasteiger partial charge in [0.25, 0.3) is 5.91 Å². The van der Waals surface area contributed by atoms with E-state index in [0.29, 0.717) is 12.0 Å². The van der Waals surface area contributed by atoms with Crippen LogP contribution in [0.5, 0.6) is 5.75 Å². The minimum Gasteiger partial charge on any atom is -0.506 e. The number of phenolic OH excluding ortho intramolecular Hbond substituents is 1. The van der Waals surface area contributed by atoms with Gasteiger partial charge in [-0.15, -0.1) is 0 Å². The van der Waals surface area contributed by atoms with Crippen molar-refractivity contribution in [2.24, 2.45) is 0 Å². The highest BCUT2D eigenvalue weighted by Gasteiger charge is 2.13. The molecular weight excluding hydrogens is 275 g/mol. The molecular formula is C15H13FN2O3. The third-order valence-electron chi connectivity index (χ3n) is 2.83. The highest BCUT2D eigenvalue weighted by Crippen LogP contribution is 2.29. The van der Waals surface area contributed by atoms with Gasteiger partial charge in [-0.3, -0.25) is 9.59 Å². The fourth-order valence-electron chi connectivity index (χ4n) is 1.82. The molecule has 0 fully saturated rings. The lowest BCUT2D eigenvalue weighted by molar-refractivity contribution is -0.105. The van der Waals surface area contributed by atoms with Crippen molar-refractivity contribution in [3.8, 4) is 5.75 Å². The van der Waals surface area contributed by atoms with Gasteiger partial charge in [0.2, 0.25) is 6.41 Å². The number of carbonyl (C=O) groups is 2. The lowest BCUT2D eigenvalue weighted by Gasteiger charge is -2.10. The van der Waals surface area contributed by atoms with Gasteiger partial charge in [0.15, 0.2) is 0 Å². The van der Waals surface area contributed by atoms with E-state index < -0.39 is 11.7 Å². The molecule has 2 aromatic rings. The highest BCUT2D eigenvalue weighted by atomic mass is 19.1. The molecule has 0 heterocycles. The number of aryl methyl sites for hydroxylation is 1. The fourth-order valence-corrected chi connectivity index (χ4v) is 1.82. The van der Waals surface area contributed by atoms with Crippen LogP contribution in [0.3, 0.4) is 0 Å². The summed E-state index contributed by atoms with van der Waals surface area (Å²) in [6.07, 6.45) is 0.294. The maximum absolute atomic E-state index is 13.7. The van der Waals surface area contributed by atoms with Crippen LogP contribution in [0.4, 0.5) is 15.8 Å². The Bertz CT molecular complexity index is 701. The maximum Gasteiger partial charge on any atom is 0.255 e. The largest absolute Gasteiger partial charge is 0.506 e. The Morgan fingerprint density at radius 1 is 1.24 bits per heavy atom. The number of halogens is 1. The molecule has 3 N–H and O–H groups in total. The molecule has 2 aromatic carbocycles. The topological polar surface area (TPSA) is 78.4 Å². The Labute approximate surface area is 120 Å². The van der Waals surface area contributed by atoms with Gasteiger partial charge in [0.1, 0.15) is 11.6 Å². The summed E-state index contributed by atoms with van der Waals surface area (Å²) in [4.78, 5) is 22.3. The number of rotatable bonds is 4. The molecule has 0 unspecified atom stereocenters. The summed E-state index contributed by atoms with van der Waals surface area (Å²) in [5, 5.41) is 14.3. The van der Waals surface area contributed by atoms with Crippen LogP contribution in [0, 0.1) is 12.7 Å². The first-order chi connectivity index (χ1) is 10.0. The molecule has 2 amide bonds. The molecule has 0 atom stereocenters. The van der Waals surface area contributed by atoms with Crippen LogP contribution >= 0.6 is 0 Å². The van der Waals surface area contributed by atoms with Gasteiger partial charge in [-0.1, -0.05) is 17.7 Å². The first-order valence-corrected chi connectivity index (χ1v) is 6.12. The normalized spacial score (nSPS) is 10.0. The summed E-state index contributed by atoms with van der Waals surface area (Å²) in [7, 11) is 0. The number of aromatic hydroxyl groups is 1. The quantitative estimate of drug-likeness (QED) is 0.598.